The molecule has 1 atom stereocenters. The van der Waals surface area contributed by atoms with E-state index < -0.39 is 17.4 Å². The minimum Gasteiger partial charge on any atom is -0.396 e. The van der Waals surface area contributed by atoms with Crippen LogP contribution in [0.3, 0.4) is 0 Å². The summed E-state index contributed by atoms with van der Waals surface area (Å²) < 4.78 is 0. The first-order chi connectivity index (χ1) is 10.4. The van der Waals surface area contributed by atoms with Crippen molar-refractivity contribution in [1.82, 2.24) is 10.6 Å². The van der Waals surface area contributed by atoms with Crippen LogP contribution in [0.2, 0.25) is 0 Å². The van der Waals surface area contributed by atoms with Gasteiger partial charge in [-0.3, -0.25) is 9.59 Å². The molecule has 0 saturated heterocycles. The maximum atomic E-state index is 11.8. The minimum absolute atomic E-state index is 0.0254. The van der Waals surface area contributed by atoms with Crippen molar-refractivity contribution in [1.29, 1.82) is 0 Å². The van der Waals surface area contributed by atoms with Crippen LogP contribution in [0.5, 0.6) is 0 Å². The van der Waals surface area contributed by atoms with Crippen molar-refractivity contribution in [3.8, 4) is 0 Å². The van der Waals surface area contributed by atoms with Gasteiger partial charge in [-0.2, -0.15) is 0 Å². The van der Waals surface area contributed by atoms with Crippen LogP contribution < -0.4 is 10.6 Å². The molecular weight excluding hydrogens is 284 g/mol. The molecule has 0 aromatic heterocycles. The summed E-state index contributed by atoms with van der Waals surface area (Å²) in [7, 11) is 0. The van der Waals surface area contributed by atoms with Crippen molar-refractivity contribution < 1.29 is 19.8 Å². The maximum Gasteiger partial charge on any atom is 0.249 e. The van der Waals surface area contributed by atoms with Crippen LogP contribution in [0.25, 0.3) is 0 Å². The summed E-state index contributed by atoms with van der Waals surface area (Å²) in [5.74, 6) is -0.482. The highest BCUT2D eigenvalue weighted by Crippen LogP contribution is 2.19. The van der Waals surface area contributed by atoms with E-state index in [1.165, 1.54) is 19.3 Å². The van der Waals surface area contributed by atoms with Gasteiger partial charge in [-0.1, -0.05) is 33.1 Å². The van der Waals surface area contributed by atoms with Crippen molar-refractivity contribution in [2.24, 2.45) is 5.41 Å². The van der Waals surface area contributed by atoms with Gasteiger partial charge < -0.3 is 20.8 Å². The topological polar surface area (TPSA) is 98.7 Å². The Bertz CT molecular complexity index is 365. The molecule has 0 heterocycles. The van der Waals surface area contributed by atoms with Gasteiger partial charge in [-0.15, -0.1) is 0 Å². The molecule has 1 fully saturated rings. The number of hydrogen-bond donors (Lipinski definition) is 4. The lowest BCUT2D eigenvalue weighted by Gasteiger charge is -2.27. The molecule has 4 N–H and O–H groups in total. The zero-order valence-corrected chi connectivity index (χ0v) is 13.7. The van der Waals surface area contributed by atoms with E-state index in [4.69, 9.17) is 5.11 Å². The maximum absolute atomic E-state index is 11.8. The van der Waals surface area contributed by atoms with Crippen LogP contribution in [-0.4, -0.2) is 47.3 Å². The van der Waals surface area contributed by atoms with E-state index in [1.54, 1.807) is 13.8 Å². The SMILES string of the molecule is CC(C)(CO)[C@@H](O)C(=O)NCCCC(=O)NC1CCCCC1. The Morgan fingerprint density at radius 2 is 1.86 bits per heavy atom. The Balaban J connectivity index is 2.16. The molecule has 1 aliphatic rings. The molecule has 0 bridgehead atoms. The zero-order chi connectivity index (χ0) is 16.6. The fraction of sp³-hybridized carbons (Fsp3) is 0.875. The molecule has 0 radical (unpaired) electrons. The third-order valence-corrected chi connectivity index (χ3v) is 4.25. The molecule has 1 aliphatic carbocycles. The third-order valence-electron chi connectivity index (χ3n) is 4.25. The highest BCUT2D eigenvalue weighted by Gasteiger charge is 2.32. The summed E-state index contributed by atoms with van der Waals surface area (Å²) in [5, 5.41) is 24.6. The number of carbonyl (C=O) groups is 2. The van der Waals surface area contributed by atoms with Crippen molar-refractivity contribution in [2.45, 2.75) is 70.9 Å². The van der Waals surface area contributed by atoms with Gasteiger partial charge >= 0.3 is 0 Å². The summed E-state index contributed by atoms with van der Waals surface area (Å²) >= 11 is 0. The standard InChI is InChI=1S/C16H30N2O4/c1-16(2,11-19)14(21)15(22)17-10-6-9-13(20)18-12-7-4-3-5-8-12/h12,14,19,21H,3-11H2,1-2H3,(H,17,22)(H,18,20)/t14-/m0/s1. The van der Waals surface area contributed by atoms with E-state index in [9.17, 15) is 14.7 Å². The smallest absolute Gasteiger partial charge is 0.249 e. The third kappa shape index (κ3) is 6.32. The molecule has 0 aromatic carbocycles. The molecular formula is C16H30N2O4. The first-order valence-electron chi connectivity index (χ1n) is 8.23. The Hall–Kier alpha value is -1.14. The van der Waals surface area contributed by atoms with Gasteiger partial charge in [-0.25, -0.2) is 0 Å². The van der Waals surface area contributed by atoms with Crippen molar-refractivity contribution >= 4 is 11.8 Å². The van der Waals surface area contributed by atoms with Crippen molar-refractivity contribution in [3.63, 3.8) is 0 Å². The van der Waals surface area contributed by atoms with Crippen LogP contribution in [0, 0.1) is 5.41 Å². The van der Waals surface area contributed by atoms with Gasteiger partial charge in [0.1, 0.15) is 6.10 Å². The van der Waals surface area contributed by atoms with E-state index >= 15 is 0 Å². The molecule has 0 unspecified atom stereocenters. The van der Waals surface area contributed by atoms with E-state index in [0.29, 0.717) is 25.4 Å². The van der Waals surface area contributed by atoms with E-state index in [-0.39, 0.29) is 12.5 Å². The second-order valence-corrected chi connectivity index (χ2v) is 6.85. The number of nitrogens with one attached hydrogen (secondary N) is 2. The molecule has 6 nitrogen and oxygen atoms in total. The quantitative estimate of drug-likeness (QED) is 0.496. The molecule has 0 aromatic rings. The average Bonchev–Trinajstić information content (AvgIpc) is 2.51. The van der Waals surface area contributed by atoms with E-state index in [0.717, 1.165) is 12.8 Å². The van der Waals surface area contributed by atoms with Gasteiger partial charge in [0, 0.05) is 24.4 Å². The van der Waals surface area contributed by atoms with E-state index in [2.05, 4.69) is 10.6 Å². The zero-order valence-electron chi connectivity index (χ0n) is 13.7. The summed E-state index contributed by atoms with van der Waals surface area (Å²) in [4.78, 5) is 23.5. The predicted molar refractivity (Wildman–Crippen MR) is 84.1 cm³/mol. The Labute approximate surface area is 132 Å². The van der Waals surface area contributed by atoms with Gasteiger partial charge in [0.25, 0.3) is 0 Å². The number of carbonyl (C=O) groups excluding carboxylic acids is 2. The lowest BCUT2D eigenvalue weighted by molar-refractivity contribution is -0.137. The first-order valence-corrected chi connectivity index (χ1v) is 8.23. The molecule has 1 saturated carbocycles. The summed E-state index contributed by atoms with van der Waals surface area (Å²) in [6.07, 6.45) is 5.39. The molecule has 0 spiro atoms. The van der Waals surface area contributed by atoms with Crippen molar-refractivity contribution in [2.75, 3.05) is 13.2 Å². The molecule has 128 valence electrons. The fourth-order valence-electron chi connectivity index (χ4n) is 2.55. The van der Waals surface area contributed by atoms with Crippen molar-refractivity contribution in [3.05, 3.63) is 0 Å². The molecule has 6 heteroatoms. The lowest BCUT2D eigenvalue weighted by atomic mass is 9.87. The molecule has 0 aliphatic heterocycles. The molecule has 2 amide bonds. The average molecular weight is 314 g/mol. The second-order valence-electron chi connectivity index (χ2n) is 6.85. The monoisotopic (exact) mass is 314 g/mol. The van der Waals surface area contributed by atoms with Crippen LogP contribution in [0.1, 0.15) is 58.8 Å². The Kier molecular flexibility index (Phi) is 7.82. The van der Waals surface area contributed by atoms with Crippen LogP contribution in [0.4, 0.5) is 0 Å². The second kappa shape index (κ2) is 9.10. The van der Waals surface area contributed by atoms with E-state index in [1.807, 2.05) is 0 Å². The number of aliphatic hydroxyl groups is 2. The molecule has 22 heavy (non-hydrogen) atoms. The van der Waals surface area contributed by atoms with Crippen LogP contribution in [0.15, 0.2) is 0 Å². The lowest BCUT2D eigenvalue weighted by Crippen LogP contribution is -2.45. The summed E-state index contributed by atoms with van der Waals surface area (Å²) in [6.45, 7) is 3.31. The van der Waals surface area contributed by atoms with Gasteiger partial charge in [0.2, 0.25) is 11.8 Å². The fourth-order valence-corrected chi connectivity index (χ4v) is 2.55. The predicted octanol–water partition coefficient (Wildman–Crippen LogP) is 0.711. The van der Waals surface area contributed by atoms with Gasteiger partial charge in [-0.05, 0) is 19.3 Å². The number of amides is 2. The number of rotatable bonds is 8. The number of aliphatic hydroxyl groups excluding tert-OH is 2. The molecule has 1 rings (SSSR count). The largest absolute Gasteiger partial charge is 0.396 e. The summed E-state index contributed by atoms with van der Waals surface area (Å²) in [5.41, 5.74) is -0.873. The first kappa shape index (κ1) is 18.9. The van der Waals surface area contributed by atoms with Gasteiger partial charge in [0.15, 0.2) is 0 Å². The summed E-state index contributed by atoms with van der Waals surface area (Å²) in [6, 6.07) is 0.308. The highest BCUT2D eigenvalue weighted by molar-refractivity contribution is 5.81. The van der Waals surface area contributed by atoms with Crippen LogP contribution >= 0.6 is 0 Å². The number of hydrogen-bond acceptors (Lipinski definition) is 4. The highest BCUT2D eigenvalue weighted by atomic mass is 16.3. The normalized spacial score (nSPS) is 17.8. The Morgan fingerprint density at radius 1 is 1.23 bits per heavy atom. The minimum atomic E-state index is -1.26. The Morgan fingerprint density at radius 3 is 2.45 bits per heavy atom. The van der Waals surface area contributed by atoms with Crippen LogP contribution in [-0.2, 0) is 9.59 Å². The van der Waals surface area contributed by atoms with Gasteiger partial charge in [0.05, 0.1) is 6.61 Å².